The predicted molar refractivity (Wildman–Crippen MR) is 104 cm³/mol. The highest BCUT2D eigenvalue weighted by Crippen LogP contribution is 2.75. The third-order valence-electron chi connectivity index (χ3n) is 9.72. The van der Waals surface area contributed by atoms with Crippen molar-refractivity contribution < 1.29 is 14.0 Å². The summed E-state index contributed by atoms with van der Waals surface area (Å²) in [5, 5.41) is 3.98. The van der Waals surface area contributed by atoms with Crippen LogP contribution < -0.4 is 5.32 Å². The first kappa shape index (κ1) is 16.4. The molecule has 4 nitrogen and oxygen atoms in total. The number of carbonyl (C=O) groups excluding carboxylic acids is 1. The molecule has 0 amide bonds. The monoisotopic (exact) mass is 367 g/mol. The molecule has 6 atom stereocenters. The van der Waals surface area contributed by atoms with Crippen molar-refractivity contribution in [3.8, 4) is 0 Å². The number of nitrogens with zero attached hydrogens (tertiary/aromatic N) is 1. The lowest BCUT2D eigenvalue weighted by molar-refractivity contribution is -0.955. The minimum Gasteiger partial charge on any atom is -0.469 e. The van der Waals surface area contributed by atoms with Gasteiger partial charge in [-0.05, 0) is 50.7 Å². The first-order valence-electron chi connectivity index (χ1n) is 10.9. The topological polar surface area (TPSA) is 38.3 Å². The summed E-state index contributed by atoms with van der Waals surface area (Å²) in [4.78, 5) is 13.1. The molecule has 1 unspecified atom stereocenters. The summed E-state index contributed by atoms with van der Waals surface area (Å²) in [5.74, 6) is -0.00543. The number of para-hydroxylation sites is 1. The maximum Gasteiger partial charge on any atom is 0.311 e. The molecule has 4 heteroatoms. The molecule has 1 aromatic carbocycles. The third kappa shape index (κ3) is 1.54. The van der Waals surface area contributed by atoms with Gasteiger partial charge in [-0.25, -0.2) is 0 Å². The van der Waals surface area contributed by atoms with Gasteiger partial charge < -0.3 is 14.5 Å². The number of anilines is 1. The van der Waals surface area contributed by atoms with Crippen LogP contribution in [0.1, 0.15) is 51.0 Å². The zero-order chi connectivity index (χ0) is 18.5. The van der Waals surface area contributed by atoms with Crippen molar-refractivity contribution in [2.75, 3.05) is 32.1 Å². The van der Waals surface area contributed by atoms with Crippen molar-refractivity contribution in [2.45, 2.75) is 62.4 Å². The molecule has 0 aromatic heterocycles. The van der Waals surface area contributed by atoms with E-state index in [1.54, 1.807) is 7.11 Å². The van der Waals surface area contributed by atoms with Gasteiger partial charge in [0.1, 0.15) is 6.04 Å². The van der Waals surface area contributed by atoms with Crippen LogP contribution in [0.25, 0.3) is 0 Å². The van der Waals surface area contributed by atoms with Crippen LogP contribution in [0, 0.1) is 11.3 Å². The molecule has 2 bridgehead atoms. The number of methoxy groups -OCH3 is 1. The standard InChI is InChI=1S/C23H31N2O2/c1-3-25-13-6-9-21-10-11-23(17(15-21)19(26)27-2)22(12-14-25,20(21)25)16-7-4-5-8-18(16)24-23/h4-5,7-8,17,20,24H,3,6,9-15H2,1-2H3/q+1/t17-,20-,21+,22+,23-,25?/m0/s1. The summed E-state index contributed by atoms with van der Waals surface area (Å²) in [6.07, 6.45) is 7.23. The van der Waals surface area contributed by atoms with Crippen molar-refractivity contribution >= 4 is 11.7 Å². The van der Waals surface area contributed by atoms with Gasteiger partial charge in [-0.2, -0.15) is 0 Å². The number of nitrogens with one attached hydrogen (secondary N) is 1. The lowest BCUT2D eigenvalue weighted by atomic mass is 9.38. The summed E-state index contributed by atoms with van der Waals surface area (Å²) in [6.45, 7) is 6.23. The van der Waals surface area contributed by atoms with Gasteiger partial charge >= 0.3 is 5.97 Å². The Morgan fingerprint density at radius 3 is 2.89 bits per heavy atom. The molecule has 0 radical (unpaired) electrons. The normalized spacial score (nSPS) is 48.4. The summed E-state index contributed by atoms with van der Waals surface area (Å²) < 4.78 is 6.67. The molecular formula is C23H31N2O2+. The molecule has 144 valence electrons. The van der Waals surface area contributed by atoms with Crippen molar-refractivity contribution in [1.29, 1.82) is 0 Å². The van der Waals surface area contributed by atoms with Crippen LogP contribution in [0.2, 0.25) is 0 Å². The maximum absolute atomic E-state index is 13.1. The first-order chi connectivity index (χ1) is 13.1. The molecule has 1 N–H and O–H groups in total. The fourth-order valence-electron chi connectivity index (χ4n) is 9.07. The van der Waals surface area contributed by atoms with E-state index in [4.69, 9.17) is 4.74 Å². The van der Waals surface area contributed by atoms with E-state index in [9.17, 15) is 4.79 Å². The number of quaternary nitrogens is 1. The molecule has 3 aliphatic heterocycles. The SMILES string of the molecule is CC[N+]12CCC[C@]34CC[C@]5(Nc6ccccc6[C@]5(CC1)[C@H]32)[C@H](C(=O)OC)C4. The van der Waals surface area contributed by atoms with Crippen molar-refractivity contribution in [2.24, 2.45) is 11.3 Å². The molecule has 3 aliphatic carbocycles. The van der Waals surface area contributed by atoms with Gasteiger partial charge in [0.05, 0.1) is 43.6 Å². The fourth-order valence-corrected chi connectivity index (χ4v) is 9.07. The van der Waals surface area contributed by atoms with Gasteiger partial charge in [-0.15, -0.1) is 0 Å². The molecule has 2 saturated heterocycles. The van der Waals surface area contributed by atoms with Crippen LogP contribution >= 0.6 is 0 Å². The number of hydrogen-bond donors (Lipinski definition) is 1. The van der Waals surface area contributed by atoms with E-state index in [1.165, 1.54) is 61.1 Å². The number of rotatable bonds is 2. The molecule has 7 rings (SSSR count). The summed E-state index contributed by atoms with van der Waals surface area (Å²) in [5.41, 5.74) is 3.04. The molecule has 27 heavy (non-hydrogen) atoms. The lowest BCUT2D eigenvalue weighted by Crippen LogP contribution is -2.80. The Hall–Kier alpha value is -1.55. The van der Waals surface area contributed by atoms with Crippen molar-refractivity contribution in [1.82, 2.24) is 0 Å². The summed E-state index contributed by atoms with van der Waals surface area (Å²) in [6, 6.07) is 9.62. The van der Waals surface area contributed by atoms with E-state index in [0.717, 1.165) is 12.8 Å². The van der Waals surface area contributed by atoms with E-state index >= 15 is 0 Å². The van der Waals surface area contributed by atoms with Crippen LogP contribution in [0.5, 0.6) is 0 Å². The van der Waals surface area contributed by atoms with Crippen LogP contribution in [0.3, 0.4) is 0 Å². The average Bonchev–Trinajstić information content (AvgIpc) is 3.23. The van der Waals surface area contributed by atoms with Gasteiger partial charge in [0, 0.05) is 17.5 Å². The number of hydrogen-bond acceptors (Lipinski definition) is 3. The summed E-state index contributed by atoms with van der Waals surface area (Å²) >= 11 is 0. The molecule has 3 saturated carbocycles. The van der Waals surface area contributed by atoms with Crippen molar-refractivity contribution in [3.05, 3.63) is 29.8 Å². The zero-order valence-corrected chi connectivity index (χ0v) is 16.6. The van der Waals surface area contributed by atoms with Gasteiger partial charge in [-0.3, -0.25) is 4.79 Å². The van der Waals surface area contributed by atoms with E-state index in [0.29, 0.717) is 11.5 Å². The van der Waals surface area contributed by atoms with E-state index in [-0.39, 0.29) is 22.8 Å². The molecule has 3 spiro atoms. The Bertz CT molecular complexity index is 839. The highest BCUT2D eigenvalue weighted by Gasteiger charge is 2.83. The van der Waals surface area contributed by atoms with Gasteiger partial charge in [0.2, 0.25) is 0 Å². The van der Waals surface area contributed by atoms with Gasteiger partial charge in [0.15, 0.2) is 0 Å². The predicted octanol–water partition coefficient (Wildman–Crippen LogP) is 3.46. The Morgan fingerprint density at radius 1 is 1.22 bits per heavy atom. The smallest absolute Gasteiger partial charge is 0.311 e. The highest BCUT2D eigenvalue weighted by atomic mass is 16.5. The van der Waals surface area contributed by atoms with E-state index in [2.05, 4.69) is 36.5 Å². The minimum atomic E-state index is -0.150. The highest BCUT2D eigenvalue weighted by molar-refractivity contribution is 5.80. The second-order valence-electron chi connectivity index (χ2n) is 9.99. The molecule has 3 heterocycles. The minimum absolute atomic E-state index is 0.0132. The Balaban J connectivity index is 1.66. The van der Waals surface area contributed by atoms with Crippen LogP contribution in [-0.2, 0) is 14.9 Å². The number of fused-ring (bicyclic) bond motifs is 3. The number of likely N-dealkylation sites (N-methyl/N-ethyl adjacent to an activating group) is 1. The first-order valence-corrected chi connectivity index (χ1v) is 10.9. The zero-order valence-electron chi connectivity index (χ0n) is 16.6. The lowest BCUT2D eigenvalue weighted by Gasteiger charge is -2.69. The quantitative estimate of drug-likeness (QED) is 0.643. The number of piperidine rings is 1. The van der Waals surface area contributed by atoms with Crippen LogP contribution in [0.15, 0.2) is 24.3 Å². The average molecular weight is 368 g/mol. The summed E-state index contributed by atoms with van der Waals surface area (Å²) in [7, 11) is 1.58. The van der Waals surface area contributed by atoms with Crippen LogP contribution in [0.4, 0.5) is 5.69 Å². The number of esters is 1. The van der Waals surface area contributed by atoms with Gasteiger partial charge in [0.25, 0.3) is 0 Å². The van der Waals surface area contributed by atoms with E-state index < -0.39 is 0 Å². The number of benzene rings is 1. The van der Waals surface area contributed by atoms with Crippen molar-refractivity contribution in [3.63, 3.8) is 0 Å². The fraction of sp³-hybridized carbons (Fsp3) is 0.696. The second-order valence-corrected chi connectivity index (χ2v) is 9.99. The maximum atomic E-state index is 13.1. The largest absolute Gasteiger partial charge is 0.469 e. The molecule has 5 fully saturated rings. The Kier molecular flexibility index (Phi) is 2.97. The third-order valence-corrected chi connectivity index (χ3v) is 9.72. The van der Waals surface area contributed by atoms with E-state index in [1.807, 2.05) is 0 Å². The molecule has 1 aromatic rings. The molecular weight excluding hydrogens is 336 g/mol. The Labute approximate surface area is 161 Å². The van der Waals surface area contributed by atoms with Crippen LogP contribution in [-0.4, -0.2) is 48.8 Å². The molecule has 6 aliphatic rings. The van der Waals surface area contributed by atoms with Gasteiger partial charge in [-0.1, -0.05) is 18.2 Å². The number of carbonyl (C=O) groups is 1. The Morgan fingerprint density at radius 2 is 2.07 bits per heavy atom. The number of ether oxygens (including phenoxy) is 1. The second kappa shape index (κ2) is 4.89.